The number of benzene rings is 3. The lowest BCUT2D eigenvalue weighted by Crippen LogP contribution is -1.97. The van der Waals surface area contributed by atoms with Crippen LogP contribution in [0.3, 0.4) is 0 Å². The van der Waals surface area contributed by atoms with Crippen molar-refractivity contribution in [2.75, 3.05) is 0 Å². The number of hydrogen-bond donors (Lipinski definition) is 1. The summed E-state index contributed by atoms with van der Waals surface area (Å²) >= 11 is 0. The second kappa shape index (κ2) is 7.25. The number of rotatable bonds is 4. The van der Waals surface area contributed by atoms with Crippen LogP contribution < -0.4 is 0 Å². The molecule has 0 aliphatic heterocycles. The van der Waals surface area contributed by atoms with Crippen molar-refractivity contribution in [3.8, 4) is 11.4 Å². The van der Waals surface area contributed by atoms with E-state index in [-0.39, 0.29) is 5.56 Å². The van der Waals surface area contributed by atoms with E-state index in [4.69, 9.17) is 0 Å². The van der Waals surface area contributed by atoms with E-state index < -0.39 is 5.97 Å². The topological polar surface area (TPSA) is 71.9 Å². The number of fused-ring (bicyclic) bond motifs is 2. The van der Waals surface area contributed by atoms with Crippen LogP contribution in [0.5, 0.6) is 0 Å². The van der Waals surface area contributed by atoms with Gasteiger partial charge >= 0.3 is 5.97 Å². The lowest BCUT2D eigenvalue weighted by Gasteiger charge is -2.08. The molecule has 0 saturated heterocycles. The molecule has 0 unspecified atom stereocenters. The molecule has 0 spiro atoms. The molecule has 2 heterocycles. The van der Waals surface area contributed by atoms with Gasteiger partial charge in [0.2, 0.25) is 0 Å². The maximum absolute atomic E-state index is 11.6. The number of hydrogen-bond acceptors (Lipinski definition) is 3. The summed E-state index contributed by atoms with van der Waals surface area (Å²) in [5, 5.41) is 20.5. The van der Waals surface area contributed by atoms with E-state index in [1.165, 1.54) is 6.07 Å². The van der Waals surface area contributed by atoms with E-state index >= 15 is 0 Å². The SMILES string of the molecule is Cn1c(-c2c(N=Nc3ccccc3C(=O)O)c3ccccc3n2C)cc2ccccc21. The van der Waals surface area contributed by atoms with Crippen LogP contribution in [0.2, 0.25) is 0 Å². The minimum Gasteiger partial charge on any atom is -0.478 e. The Morgan fingerprint density at radius 1 is 0.806 bits per heavy atom. The van der Waals surface area contributed by atoms with Gasteiger partial charge < -0.3 is 14.2 Å². The van der Waals surface area contributed by atoms with Crippen molar-refractivity contribution in [1.29, 1.82) is 0 Å². The Bertz CT molecular complexity index is 1490. The number of aryl methyl sites for hydroxylation is 2. The van der Waals surface area contributed by atoms with E-state index in [1.807, 2.05) is 50.5 Å². The Balaban J connectivity index is 1.77. The molecule has 0 amide bonds. The quantitative estimate of drug-likeness (QED) is 0.347. The molecule has 0 fully saturated rings. The zero-order valence-electron chi connectivity index (χ0n) is 17.1. The molecule has 3 aromatic carbocycles. The standard InChI is InChI=1S/C25H20N4O2/c1-28-20-13-7-3-9-16(20)15-22(28)24-23(18-11-5-8-14-21(18)29(24)2)27-26-19-12-6-4-10-17(19)25(30)31/h3-15H,1-2H3,(H,30,31). The second-order valence-electron chi connectivity index (χ2n) is 7.44. The van der Waals surface area contributed by atoms with Gasteiger partial charge in [0.25, 0.3) is 0 Å². The molecule has 0 saturated carbocycles. The van der Waals surface area contributed by atoms with Gasteiger partial charge in [-0.2, -0.15) is 0 Å². The highest BCUT2D eigenvalue weighted by Crippen LogP contribution is 2.42. The normalized spacial score (nSPS) is 11.7. The summed E-state index contributed by atoms with van der Waals surface area (Å²) in [5.74, 6) is -1.03. The van der Waals surface area contributed by atoms with E-state index in [1.54, 1.807) is 18.2 Å². The van der Waals surface area contributed by atoms with Crippen molar-refractivity contribution in [2.24, 2.45) is 24.3 Å². The van der Waals surface area contributed by atoms with E-state index in [0.717, 1.165) is 33.2 Å². The fourth-order valence-electron chi connectivity index (χ4n) is 4.13. The molecule has 5 rings (SSSR count). The van der Waals surface area contributed by atoms with Crippen LogP contribution in [0.25, 0.3) is 33.2 Å². The van der Waals surface area contributed by atoms with Crippen molar-refractivity contribution in [2.45, 2.75) is 0 Å². The van der Waals surface area contributed by atoms with Crippen molar-refractivity contribution < 1.29 is 9.90 Å². The van der Waals surface area contributed by atoms with Gasteiger partial charge in [0.1, 0.15) is 11.4 Å². The third kappa shape index (κ3) is 3.00. The van der Waals surface area contributed by atoms with E-state index in [9.17, 15) is 9.90 Å². The molecule has 0 aliphatic rings. The molecule has 5 aromatic rings. The molecule has 1 N–H and O–H groups in total. The Morgan fingerprint density at radius 3 is 2.26 bits per heavy atom. The molecule has 31 heavy (non-hydrogen) atoms. The summed E-state index contributed by atoms with van der Waals surface area (Å²) in [5.41, 5.74) is 5.26. The molecular weight excluding hydrogens is 388 g/mol. The van der Waals surface area contributed by atoms with Gasteiger partial charge in [-0.15, -0.1) is 10.2 Å². The van der Waals surface area contributed by atoms with Crippen LogP contribution in [0.15, 0.2) is 89.1 Å². The summed E-state index contributed by atoms with van der Waals surface area (Å²) in [6.07, 6.45) is 0. The highest BCUT2D eigenvalue weighted by atomic mass is 16.4. The first-order valence-electron chi connectivity index (χ1n) is 9.92. The number of carboxylic acids is 1. The van der Waals surface area contributed by atoms with Gasteiger partial charge in [-0.3, -0.25) is 0 Å². The van der Waals surface area contributed by atoms with E-state index in [0.29, 0.717) is 11.4 Å². The summed E-state index contributed by atoms with van der Waals surface area (Å²) < 4.78 is 4.26. The third-order valence-corrected chi connectivity index (χ3v) is 5.67. The molecule has 152 valence electrons. The summed E-state index contributed by atoms with van der Waals surface area (Å²) in [6.45, 7) is 0. The van der Waals surface area contributed by atoms with Crippen LogP contribution in [0.4, 0.5) is 11.4 Å². The number of nitrogens with zero attached hydrogens (tertiary/aromatic N) is 4. The molecule has 2 aromatic heterocycles. The van der Waals surface area contributed by atoms with Gasteiger partial charge in [-0.25, -0.2) is 4.79 Å². The molecule has 6 heteroatoms. The van der Waals surface area contributed by atoms with Crippen molar-refractivity contribution in [3.63, 3.8) is 0 Å². The number of carboxylic acid groups (broad SMARTS) is 1. The first kappa shape index (κ1) is 18.8. The summed E-state index contributed by atoms with van der Waals surface area (Å²) in [6, 6.07) is 25.0. The Hall–Kier alpha value is -4.19. The van der Waals surface area contributed by atoms with Crippen molar-refractivity contribution in [3.05, 3.63) is 84.4 Å². The Labute approximate surface area is 178 Å². The molecule has 0 aliphatic carbocycles. The molecule has 6 nitrogen and oxygen atoms in total. The third-order valence-electron chi connectivity index (χ3n) is 5.67. The number of aromatic carboxylic acids is 1. The first-order valence-corrected chi connectivity index (χ1v) is 9.92. The minimum atomic E-state index is -1.03. The zero-order valence-corrected chi connectivity index (χ0v) is 17.1. The monoisotopic (exact) mass is 408 g/mol. The maximum Gasteiger partial charge on any atom is 0.337 e. The highest BCUT2D eigenvalue weighted by Gasteiger charge is 2.20. The predicted molar refractivity (Wildman–Crippen MR) is 122 cm³/mol. The van der Waals surface area contributed by atoms with Gasteiger partial charge in [-0.05, 0) is 30.3 Å². The van der Waals surface area contributed by atoms with Crippen molar-refractivity contribution >= 4 is 39.1 Å². The number of para-hydroxylation sites is 2. The number of aromatic nitrogens is 2. The van der Waals surface area contributed by atoms with Crippen LogP contribution in [0.1, 0.15) is 10.4 Å². The predicted octanol–water partition coefficient (Wildman–Crippen LogP) is 6.45. The first-order chi connectivity index (χ1) is 15.1. The van der Waals surface area contributed by atoms with Crippen LogP contribution in [0, 0.1) is 0 Å². The van der Waals surface area contributed by atoms with Crippen LogP contribution in [-0.2, 0) is 14.1 Å². The number of azo groups is 1. The largest absolute Gasteiger partial charge is 0.478 e. The molecular formula is C25H20N4O2. The average molecular weight is 408 g/mol. The molecule has 0 atom stereocenters. The van der Waals surface area contributed by atoms with Gasteiger partial charge in [0.05, 0.1) is 22.5 Å². The van der Waals surface area contributed by atoms with Gasteiger partial charge in [-0.1, -0.05) is 48.5 Å². The van der Waals surface area contributed by atoms with Crippen LogP contribution >= 0.6 is 0 Å². The zero-order chi connectivity index (χ0) is 21.5. The highest BCUT2D eigenvalue weighted by molar-refractivity contribution is 6.01. The fourth-order valence-corrected chi connectivity index (χ4v) is 4.13. The lowest BCUT2D eigenvalue weighted by atomic mass is 10.2. The lowest BCUT2D eigenvalue weighted by molar-refractivity contribution is 0.0697. The Kier molecular flexibility index (Phi) is 4.40. The van der Waals surface area contributed by atoms with Gasteiger partial charge in [0, 0.05) is 30.4 Å². The van der Waals surface area contributed by atoms with Crippen molar-refractivity contribution in [1.82, 2.24) is 9.13 Å². The Morgan fingerprint density at radius 2 is 1.48 bits per heavy atom. The van der Waals surface area contributed by atoms with E-state index in [2.05, 4.69) is 37.6 Å². The summed E-state index contributed by atoms with van der Waals surface area (Å²) in [7, 11) is 4.05. The average Bonchev–Trinajstić information content (AvgIpc) is 3.26. The van der Waals surface area contributed by atoms with Gasteiger partial charge in [0.15, 0.2) is 0 Å². The smallest absolute Gasteiger partial charge is 0.337 e. The summed E-state index contributed by atoms with van der Waals surface area (Å²) in [4.78, 5) is 11.6. The molecule has 0 bridgehead atoms. The maximum atomic E-state index is 11.6. The minimum absolute atomic E-state index is 0.123. The molecule has 0 radical (unpaired) electrons. The second-order valence-corrected chi connectivity index (χ2v) is 7.44. The van der Waals surface area contributed by atoms with Crippen LogP contribution in [-0.4, -0.2) is 20.2 Å². The fraction of sp³-hybridized carbons (Fsp3) is 0.0800. The number of carbonyl (C=O) groups is 1.